The lowest BCUT2D eigenvalue weighted by Crippen LogP contribution is -2.02. The Labute approximate surface area is 108 Å². The van der Waals surface area contributed by atoms with Gasteiger partial charge in [0.05, 0.1) is 0 Å². The molecule has 0 amide bonds. The maximum Gasteiger partial charge on any atom is 0.339 e. The van der Waals surface area contributed by atoms with Crippen LogP contribution in [0, 0.1) is 18.6 Å². The van der Waals surface area contributed by atoms with Crippen LogP contribution >= 0.6 is 0 Å². The van der Waals surface area contributed by atoms with Gasteiger partial charge in [-0.2, -0.15) is 0 Å². The van der Waals surface area contributed by atoms with Gasteiger partial charge in [-0.15, -0.1) is 0 Å². The second kappa shape index (κ2) is 5.06. The number of carboxylic acids is 1. The lowest BCUT2D eigenvalue weighted by atomic mass is 10.2. The lowest BCUT2D eigenvalue weighted by Gasteiger charge is -2.10. The summed E-state index contributed by atoms with van der Waals surface area (Å²) in [5.74, 6) is -2.72. The summed E-state index contributed by atoms with van der Waals surface area (Å²) in [6, 6.07) is 7.45. The fourth-order valence-corrected chi connectivity index (χ4v) is 1.58. The summed E-state index contributed by atoms with van der Waals surface area (Å²) in [5.41, 5.74) is 0.0349. The predicted molar refractivity (Wildman–Crippen MR) is 64.6 cm³/mol. The molecule has 2 rings (SSSR count). The Morgan fingerprint density at radius 3 is 2.53 bits per heavy atom. The Morgan fingerprint density at radius 1 is 1.16 bits per heavy atom. The van der Waals surface area contributed by atoms with Gasteiger partial charge in [-0.25, -0.2) is 13.6 Å². The highest BCUT2D eigenvalue weighted by Crippen LogP contribution is 2.29. The summed E-state index contributed by atoms with van der Waals surface area (Å²) < 4.78 is 31.9. The Kier molecular flexibility index (Phi) is 3.46. The average molecular weight is 264 g/mol. The topological polar surface area (TPSA) is 46.5 Å². The van der Waals surface area contributed by atoms with Gasteiger partial charge >= 0.3 is 5.97 Å². The summed E-state index contributed by atoms with van der Waals surface area (Å²) in [5, 5.41) is 8.96. The van der Waals surface area contributed by atoms with Gasteiger partial charge in [0.1, 0.15) is 17.1 Å². The van der Waals surface area contributed by atoms with Crippen LogP contribution in [0.5, 0.6) is 11.5 Å². The first-order valence-electron chi connectivity index (χ1n) is 5.45. The third-order valence-corrected chi connectivity index (χ3v) is 2.55. The van der Waals surface area contributed by atoms with E-state index in [-0.39, 0.29) is 17.1 Å². The summed E-state index contributed by atoms with van der Waals surface area (Å²) in [4.78, 5) is 11.0. The first-order chi connectivity index (χ1) is 8.99. The van der Waals surface area contributed by atoms with Crippen LogP contribution in [0.1, 0.15) is 15.9 Å². The molecule has 98 valence electrons. The van der Waals surface area contributed by atoms with Gasteiger partial charge < -0.3 is 9.84 Å². The normalized spacial score (nSPS) is 10.3. The van der Waals surface area contributed by atoms with E-state index in [1.165, 1.54) is 37.3 Å². The second-order valence-corrected chi connectivity index (χ2v) is 3.93. The van der Waals surface area contributed by atoms with Gasteiger partial charge in [0.25, 0.3) is 0 Å². The van der Waals surface area contributed by atoms with Gasteiger partial charge in [0, 0.05) is 0 Å². The van der Waals surface area contributed by atoms with Gasteiger partial charge in [-0.1, -0.05) is 6.07 Å². The molecule has 1 N–H and O–H groups in total. The minimum absolute atomic E-state index is 0.173. The Hall–Kier alpha value is -2.43. The van der Waals surface area contributed by atoms with Crippen LogP contribution in [0.2, 0.25) is 0 Å². The molecule has 0 bridgehead atoms. The molecule has 19 heavy (non-hydrogen) atoms. The van der Waals surface area contributed by atoms with Gasteiger partial charge in [-0.05, 0) is 42.8 Å². The van der Waals surface area contributed by atoms with Crippen LogP contribution in [0.15, 0.2) is 36.4 Å². The molecule has 0 atom stereocenters. The van der Waals surface area contributed by atoms with Crippen molar-refractivity contribution < 1.29 is 23.4 Å². The van der Waals surface area contributed by atoms with Crippen LogP contribution in [0.25, 0.3) is 0 Å². The molecule has 0 aromatic heterocycles. The van der Waals surface area contributed by atoms with Crippen molar-refractivity contribution in [1.82, 2.24) is 0 Å². The maximum atomic E-state index is 13.6. The van der Waals surface area contributed by atoms with Gasteiger partial charge in [0.15, 0.2) is 11.6 Å². The smallest absolute Gasteiger partial charge is 0.339 e. The fourth-order valence-electron chi connectivity index (χ4n) is 1.58. The van der Waals surface area contributed by atoms with Crippen LogP contribution in [-0.4, -0.2) is 11.1 Å². The van der Waals surface area contributed by atoms with Gasteiger partial charge in [-0.3, -0.25) is 0 Å². The number of aromatic carboxylic acids is 1. The molecule has 2 aromatic carbocycles. The molecule has 0 aliphatic carbocycles. The highest BCUT2D eigenvalue weighted by Gasteiger charge is 2.16. The quantitative estimate of drug-likeness (QED) is 0.918. The average Bonchev–Trinajstić information content (AvgIpc) is 2.36. The zero-order valence-corrected chi connectivity index (χ0v) is 9.98. The summed E-state index contributed by atoms with van der Waals surface area (Å²) >= 11 is 0. The predicted octanol–water partition coefficient (Wildman–Crippen LogP) is 3.76. The number of hydrogen-bond acceptors (Lipinski definition) is 2. The molecule has 0 aliphatic rings. The number of halogens is 2. The molecule has 0 fully saturated rings. The lowest BCUT2D eigenvalue weighted by molar-refractivity contribution is 0.0693. The number of benzene rings is 2. The fraction of sp³-hybridized carbons (Fsp3) is 0.0714. The van der Waals surface area contributed by atoms with Crippen LogP contribution < -0.4 is 4.74 Å². The summed E-state index contributed by atoms with van der Waals surface area (Å²) in [6.07, 6.45) is 0. The van der Waals surface area contributed by atoms with Crippen molar-refractivity contribution in [2.24, 2.45) is 0 Å². The largest absolute Gasteiger partial charge is 0.478 e. The van der Waals surface area contributed by atoms with Crippen LogP contribution in [0.3, 0.4) is 0 Å². The highest BCUT2D eigenvalue weighted by molar-refractivity contribution is 5.91. The van der Waals surface area contributed by atoms with E-state index in [2.05, 4.69) is 0 Å². The number of rotatable bonds is 3. The number of aryl methyl sites for hydroxylation is 1. The first kappa shape index (κ1) is 13.0. The third-order valence-electron chi connectivity index (χ3n) is 2.55. The van der Waals surface area contributed by atoms with E-state index in [0.717, 1.165) is 6.07 Å². The number of hydrogen-bond donors (Lipinski definition) is 1. The van der Waals surface area contributed by atoms with E-state index in [1.807, 2.05) is 0 Å². The van der Waals surface area contributed by atoms with E-state index in [1.54, 1.807) is 0 Å². The van der Waals surface area contributed by atoms with E-state index in [0.29, 0.717) is 5.56 Å². The molecule has 2 aromatic rings. The molecular formula is C14H10F2O3. The SMILES string of the molecule is Cc1cc(Oc2c(F)cccc2C(=O)O)ccc1F. The number of para-hydroxylation sites is 1. The van der Waals surface area contributed by atoms with E-state index in [4.69, 9.17) is 9.84 Å². The van der Waals surface area contributed by atoms with Gasteiger partial charge in [0.2, 0.25) is 0 Å². The monoisotopic (exact) mass is 264 g/mol. The number of carbonyl (C=O) groups is 1. The van der Waals surface area contributed by atoms with Crippen molar-refractivity contribution in [1.29, 1.82) is 0 Å². The standard InChI is InChI=1S/C14H10F2O3/c1-8-7-9(5-6-11(8)15)19-13-10(14(17)18)3-2-4-12(13)16/h2-7H,1H3,(H,17,18). The summed E-state index contributed by atoms with van der Waals surface area (Å²) in [6.45, 7) is 1.53. The van der Waals surface area contributed by atoms with Crippen molar-refractivity contribution in [3.8, 4) is 11.5 Å². The van der Waals surface area contributed by atoms with Crippen molar-refractivity contribution in [3.63, 3.8) is 0 Å². The van der Waals surface area contributed by atoms with Crippen molar-refractivity contribution in [2.75, 3.05) is 0 Å². The van der Waals surface area contributed by atoms with E-state index >= 15 is 0 Å². The molecule has 0 aliphatic heterocycles. The van der Waals surface area contributed by atoms with E-state index in [9.17, 15) is 13.6 Å². The van der Waals surface area contributed by atoms with Crippen molar-refractivity contribution in [2.45, 2.75) is 6.92 Å². The molecule has 0 radical (unpaired) electrons. The minimum atomic E-state index is -1.30. The molecule has 0 heterocycles. The first-order valence-corrected chi connectivity index (χ1v) is 5.45. The van der Waals surface area contributed by atoms with Crippen LogP contribution in [-0.2, 0) is 0 Å². The van der Waals surface area contributed by atoms with Crippen LogP contribution in [0.4, 0.5) is 8.78 Å². The number of carboxylic acid groups (broad SMARTS) is 1. The molecule has 0 spiro atoms. The highest BCUT2D eigenvalue weighted by atomic mass is 19.1. The molecule has 0 unspecified atom stereocenters. The number of ether oxygens (including phenoxy) is 1. The second-order valence-electron chi connectivity index (χ2n) is 3.93. The Bertz CT molecular complexity index is 639. The molecular weight excluding hydrogens is 254 g/mol. The Morgan fingerprint density at radius 2 is 1.89 bits per heavy atom. The van der Waals surface area contributed by atoms with Crippen molar-refractivity contribution in [3.05, 3.63) is 59.2 Å². The molecule has 0 saturated carbocycles. The maximum absolute atomic E-state index is 13.6. The zero-order chi connectivity index (χ0) is 14.0. The zero-order valence-electron chi connectivity index (χ0n) is 9.98. The molecule has 3 nitrogen and oxygen atoms in total. The van der Waals surface area contributed by atoms with E-state index < -0.39 is 17.6 Å². The Balaban J connectivity index is 2.42. The third kappa shape index (κ3) is 2.70. The summed E-state index contributed by atoms with van der Waals surface area (Å²) in [7, 11) is 0. The van der Waals surface area contributed by atoms with Crippen molar-refractivity contribution >= 4 is 5.97 Å². The molecule has 0 saturated heterocycles. The molecule has 5 heteroatoms. The minimum Gasteiger partial charge on any atom is -0.478 e.